The maximum Gasteiger partial charge on any atom is 0.408 e. The molecule has 1 atom stereocenters. The average Bonchev–Trinajstić information content (AvgIpc) is 3.26. The third-order valence-corrected chi connectivity index (χ3v) is 3.62. The molecule has 0 aliphatic heterocycles. The molecule has 2 amide bonds. The summed E-state index contributed by atoms with van der Waals surface area (Å²) in [6, 6.07) is 10.7. The zero-order chi connectivity index (χ0) is 17.8. The van der Waals surface area contributed by atoms with Gasteiger partial charge in [0.2, 0.25) is 5.91 Å². The van der Waals surface area contributed by atoms with Crippen LogP contribution in [0.3, 0.4) is 0 Å². The molecule has 0 saturated heterocycles. The van der Waals surface area contributed by atoms with Gasteiger partial charge in [0.15, 0.2) is 0 Å². The Hall–Kier alpha value is -2.55. The molecule has 0 bridgehead atoms. The van der Waals surface area contributed by atoms with Gasteiger partial charge in [0, 0.05) is 6.42 Å². The van der Waals surface area contributed by atoms with E-state index in [1.165, 1.54) is 0 Å². The standard InChI is InChI=1S/C18H23N3O3/c1-17(2,3)24-16(23)20-14(11-13-7-5-4-6-8-13)15(22)21-18(12-19)9-10-18/h4-8,14H,9-11H2,1-3H3,(H,20,23)(H,21,22)/t14-/m0/s1. The van der Waals surface area contributed by atoms with Crippen LogP contribution in [0.2, 0.25) is 0 Å². The number of carbonyl (C=O) groups excluding carboxylic acids is 2. The first-order chi connectivity index (χ1) is 11.2. The van der Waals surface area contributed by atoms with Crippen molar-refractivity contribution in [3.05, 3.63) is 35.9 Å². The van der Waals surface area contributed by atoms with Gasteiger partial charge in [0.1, 0.15) is 17.2 Å². The van der Waals surface area contributed by atoms with Crippen molar-refractivity contribution in [3.63, 3.8) is 0 Å². The van der Waals surface area contributed by atoms with Crippen LogP contribution in [0.5, 0.6) is 0 Å². The summed E-state index contributed by atoms with van der Waals surface area (Å²) in [5.41, 5.74) is -0.514. The Kier molecular flexibility index (Phi) is 5.13. The first-order valence-electron chi connectivity index (χ1n) is 8.00. The van der Waals surface area contributed by atoms with Gasteiger partial charge in [-0.3, -0.25) is 4.79 Å². The highest BCUT2D eigenvalue weighted by atomic mass is 16.6. The van der Waals surface area contributed by atoms with E-state index in [1.807, 2.05) is 30.3 Å². The molecule has 1 saturated carbocycles. The van der Waals surface area contributed by atoms with Crippen molar-refractivity contribution in [2.24, 2.45) is 0 Å². The quantitative estimate of drug-likeness (QED) is 0.867. The van der Waals surface area contributed by atoms with Crippen molar-refractivity contribution < 1.29 is 14.3 Å². The Balaban J connectivity index is 2.07. The lowest BCUT2D eigenvalue weighted by Gasteiger charge is -2.24. The van der Waals surface area contributed by atoms with Crippen molar-refractivity contribution in [2.75, 3.05) is 0 Å². The SMILES string of the molecule is CC(C)(C)OC(=O)N[C@@H](Cc1ccccc1)C(=O)NC1(C#N)CC1. The van der Waals surface area contributed by atoms with Crippen molar-refractivity contribution in [2.45, 2.75) is 57.2 Å². The van der Waals surface area contributed by atoms with Crippen LogP contribution < -0.4 is 10.6 Å². The Morgan fingerprint density at radius 3 is 2.42 bits per heavy atom. The first kappa shape index (κ1) is 17.8. The monoisotopic (exact) mass is 329 g/mol. The van der Waals surface area contributed by atoms with Gasteiger partial charge in [0.05, 0.1) is 6.07 Å². The molecule has 0 heterocycles. The van der Waals surface area contributed by atoms with Gasteiger partial charge in [0.25, 0.3) is 0 Å². The summed E-state index contributed by atoms with van der Waals surface area (Å²) in [6.45, 7) is 5.27. The second kappa shape index (κ2) is 6.91. The highest BCUT2D eigenvalue weighted by molar-refractivity contribution is 5.87. The van der Waals surface area contributed by atoms with E-state index in [4.69, 9.17) is 10.00 Å². The number of carbonyl (C=O) groups is 2. The third kappa shape index (κ3) is 5.27. The fraction of sp³-hybridized carbons (Fsp3) is 0.500. The Morgan fingerprint density at radius 2 is 1.92 bits per heavy atom. The predicted molar refractivity (Wildman–Crippen MR) is 89.0 cm³/mol. The lowest BCUT2D eigenvalue weighted by molar-refractivity contribution is -0.123. The zero-order valence-corrected chi connectivity index (χ0v) is 14.3. The van der Waals surface area contributed by atoms with Crippen LogP contribution in [0.15, 0.2) is 30.3 Å². The van der Waals surface area contributed by atoms with Crippen LogP contribution in [0, 0.1) is 11.3 Å². The molecule has 1 aliphatic carbocycles. The molecule has 0 unspecified atom stereocenters. The molecular weight excluding hydrogens is 306 g/mol. The summed E-state index contributed by atoms with van der Waals surface area (Å²) in [5.74, 6) is -0.372. The molecule has 1 aliphatic rings. The summed E-state index contributed by atoms with van der Waals surface area (Å²) in [5, 5.41) is 14.5. The lowest BCUT2D eigenvalue weighted by atomic mass is 10.0. The molecule has 0 spiro atoms. The number of nitrogens with one attached hydrogen (secondary N) is 2. The number of rotatable bonds is 5. The molecule has 6 nitrogen and oxygen atoms in total. The summed E-state index contributed by atoms with van der Waals surface area (Å²) in [4.78, 5) is 24.6. The minimum Gasteiger partial charge on any atom is -0.444 e. The van der Waals surface area contributed by atoms with E-state index in [0.29, 0.717) is 19.3 Å². The summed E-state index contributed by atoms with van der Waals surface area (Å²) < 4.78 is 5.23. The van der Waals surface area contributed by atoms with Crippen molar-refractivity contribution in [1.82, 2.24) is 10.6 Å². The molecule has 2 N–H and O–H groups in total. The minimum absolute atomic E-state index is 0.327. The van der Waals surface area contributed by atoms with Gasteiger partial charge in [-0.25, -0.2) is 4.79 Å². The van der Waals surface area contributed by atoms with E-state index in [2.05, 4.69) is 16.7 Å². The average molecular weight is 329 g/mol. The molecule has 1 fully saturated rings. The molecule has 0 radical (unpaired) electrons. The number of amides is 2. The summed E-state index contributed by atoms with van der Waals surface area (Å²) >= 11 is 0. The highest BCUT2D eigenvalue weighted by Gasteiger charge is 2.45. The van der Waals surface area contributed by atoms with Crippen LogP contribution in [0.1, 0.15) is 39.2 Å². The van der Waals surface area contributed by atoms with Gasteiger partial charge in [-0.2, -0.15) is 5.26 Å². The number of alkyl carbamates (subject to hydrolysis) is 1. The first-order valence-corrected chi connectivity index (χ1v) is 8.00. The van der Waals surface area contributed by atoms with Gasteiger partial charge in [-0.05, 0) is 39.2 Å². The number of ether oxygens (including phenoxy) is 1. The summed E-state index contributed by atoms with van der Waals surface area (Å²) in [7, 11) is 0. The smallest absolute Gasteiger partial charge is 0.408 e. The van der Waals surface area contributed by atoms with Crippen molar-refractivity contribution in [3.8, 4) is 6.07 Å². The molecule has 6 heteroatoms. The molecule has 128 valence electrons. The second-order valence-electron chi connectivity index (χ2n) is 7.07. The van der Waals surface area contributed by atoms with E-state index in [0.717, 1.165) is 5.56 Å². The van der Waals surface area contributed by atoms with Crippen LogP contribution in [0.4, 0.5) is 4.79 Å². The molecule has 2 rings (SSSR count). The lowest BCUT2D eigenvalue weighted by Crippen LogP contribution is -2.52. The van der Waals surface area contributed by atoms with Crippen LogP contribution >= 0.6 is 0 Å². The van der Waals surface area contributed by atoms with Crippen LogP contribution in [-0.2, 0) is 16.0 Å². The molecule has 1 aromatic rings. The Bertz CT molecular complexity index is 640. The van der Waals surface area contributed by atoms with Crippen molar-refractivity contribution in [1.29, 1.82) is 5.26 Å². The maximum absolute atomic E-state index is 12.5. The highest BCUT2D eigenvalue weighted by Crippen LogP contribution is 2.34. The molecule has 0 aromatic heterocycles. The fourth-order valence-corrected chi connectivity index (χ4v) is 2.22. The molecular formula is C18H23N3O3. The minimum atomic E-state index is -0.798. The number of hydrogen-bond donors (Lipinski definition) is 2. The van der Waals surface area contributed by atoms with Gasteiger partial charge in [-0.15, -0.1) is 0 Å². The van der Waals surface area contributed by atoms with E-state index >= 15 is 0 Å². The van der Waals surface area contributed by atoms with E-state index in [9.17, 15) is 9.59 Å². The fourth-order valence-electron chi connectivity index (χ4n) is 2.22. The zero-order valence-electron chi connectivity index (χ0n) is 14.3. The largest absolute Gasteiger partial charge is 0.444 e. The number of nitriles is 1. The topological polar surface area (TPSA) is 91.2 Å². The molecule has 24 heavy (non-hydrogen) atoms. The van der Waals surface area contributed by atoms with Crippen molar-refractivity contribution >= 4 is 12.0 Å². The van der Waals surface area contributed by atoms with E-state index in [1.54, 1.807) is 20.8 Å². The second-order valence-corrected chi connectivity index (χ2v) is 7.07. The van der Waals surface area contributed by atoms with E-state index < -0.39 is 23.3 Å². The van der Waals surface area contributed by atoms with Gasteiger partial charge in [-0.1, -0.05) is 30.3 Å². The summed E-state index contributed by atoms with van der Waals surface area (Å²) in [6.07, 6.45) is 0.952. The Labute approximate surface area is 142 Å². The third-order valence-electron chi connectivity index (χ3n) is 3.62. The Morgan fingerprint density at radius 1 is 1.29 bits per heavy atom. The van der Waals surface area contributed by atoms with Gasteiger partial charge < -0.3 is 15.4 Å². The van der Waals surface area contributed by atoms with E-state index in [-0.39, 0.29) is 5.91 Å². The number of nitrogens with zero attached hydrogens (tertiary/aromatic N) is 1. The molecule has 1 aromatic carbocycles. The number of hydrogen-bond acceptors (Lipinski definition) is 4. The van der Waals surface area contributed by atoms with Crippen LogP contribution in [-0.4, -0.2) is 29.2 Å². The predicted octanol–water partition coefficient (Wildman–Crippen LogP) is 2.29. The normalized spacial score (nSPS) is 16.4. The van der Waals surface area contributed by atoms with Gasteiger partial charge >= 0.3 is 6.09 Å². The maximum atomic E-state index is 12.5. The number of benzene rings is 1. The van der Waals surface area contributed by atoms with Crippen LogP contribution in [0.25, 0.3) is 0 Å².